The summed E-state index contributed by atoms with van der Waals surface area (Å²) in [5.74, 6) is 0.558. The predicted octanol–water partition coefficient (Wildman–Crippen LogP) is 5.35. The minimum atomic E-state index is -0.303. The van der Waals surface area contributed by atoms with Crippen LogP contribution in [0.3, 0.4) is 0 Å². The molecule has 0 spiro atoms. The van der Waals surface area contributed by atoms with Gasteiger partial charge in [0.15, 0.2) is 11.5 Å². The fourth-order valence-electron chi connectivity index (χ4n) is 2.12. The van der Waals surface area contributed by atoms with E-state index in [1.165, 1.54) is 7.11 Å². The lowest BCUT2D eigenvalue weighted by Gasteiger charge is -2.14. The average molecular weight is 368 g/mol. The highest BCUT2D eigenvalue weighted by atomic mass is 35.5. The van der Waals surface area contributed by atoms with E-state index in [9.17, 15) is 4.79 Å². The molecule has 0 atom stereocenters. The maximum absolute atomic E-state index is 12.5. The maximum Gasteiger partial charge on any atom is 0.255 e. The number of methoxy groups -OCH3 is 1. The molecular weight excluding hydrogens is 349 g/mol. The number of hydrogen-bond donors (Lipinski definition) is 1. The average Bonchev–Trinajstić information content (AvgIpc) is 2.56. The van der Waals surface area contributed by atoms with Crippen LogP contribution in [-0.4, -0.2) is 19.6 Å². The van der Waals surface area contributed by atoms with Crippen molar-refractivity contribution in [1.29, 1.82) is 0 Å². The van der Waals surface area contributed by atoms with Gasteiger partial charge >= 0.3 is 0 Å². The molecule has 0 bridgehead atoms. The number of carbonyl (C=O) groups is 1. The fourth-order valence-corrected chi connectivity index (χ4v) is 2.56. The predicted molar refractivity (Wildman–Crippen MR) is 97.9 cm³/mol. The van der Waals surface area contributed by atoms with Crippen LogP contribution in [0, 0.1) is 6.92 Å². The molecule has 0 radical (unpaired) electrons. The standard InChI is InChI=1S/C18H19Cl2NO3/c1-4-7-24-17-14(20)8-12(9-16(17)23-3)18(22)21-15-10-13(19)6-5-11(15)2/h5-6,8-10H,4,7H2,1-3H3,(H,21,22). The lowest BCUT2D eigenvalue weighted by Crippen LogP contribution is -2.13. The minimum absolute atomic E-state index is 0.303. The zero-order valence-electron chi connectivity index (χ0n) is 13.8. The number of ether oxygens (including phenoxy) is 2. The van der Waals surface area contributed by atoms with Crippen molar-refractivity contribution in [1.82, 2.24) is 0 Å². The van der Waals surface area contributed by atoms with Gasteiger partial charge in [0.25, 0.3) is 5.91 Å². The van der Waals surface area contributed by atoms with Crippen LogP contribution in [0.5, 0.6) is 11.5 Å². The largest absolute Gasteiger partial charge is 0.493 e. The molecule has 0 heterocycles. The van der Waals surface area contributed by atoms with Crippen LogP contribution >= 0.6 is 23.2 Å². The molecule has 4 nitrogen and oxygen atoms in total. The number of benzene rings is 2. The third kappa shape index (κ3) is 4.34. The van der Waals surface area contributed by atoms with Gasteiger partial charge in [0, 0.05) is 16.3 Å². The number of carbonyl (C=O) groups excluding carboxylic acids is 1. The van der Waals surface area contributed by atoms with Crippen molar-refractivity contribution < 1.29 is 14.3 Å². The van der Waals surface area contributed by atoms with Crippen molar-refractivity contribution in [3.05, 3.63) is 51.5 Å². The van der Waals surface area contributed by atoms with Crippen LogP contribution in [-0.2, 0) is 0 Å². The SMILES string of the molecule is CCCOc1c(Cl)cc(C(=O)Nc2cc(Cl)ccc2C)cc1OC. The van der Waals surface area contributed by atoms with E-state index in [1.807, 2.05) is 19.9 Å². The maximum atomic E-state index is 12.5. The molecule has 6 heteroatoms. The molecule has 2 aromatic carbocycles. The van der Waals surface area contributed by atoms with E-state index in [0.29, 0.717) is 39.4 Å². The number of amides is 1. The van der Waals surface area contributed by atoms with Crippen LogP contribution in [0.2, 0.25) is 10.0 Å². The molecule has 0 saturated carbocycles. The van der Waals surface area contributed by atoms with Gasteiger partial charge in [-0.1, -0.05) is 36.2 Å². The summed E-state index contributed by atoms with van der Waals surface area (Å²) in [6.45, 7) is 4.40. The second kappa shape index (κ2) is 8.27. The first-order valence-electron chi connectivity index (χ1n) is 7.54. The quantitative estimate of drug-likeness (QED) is 0.748. The highest BCUT2D eigenvalue weighted by Gasteiger charge is 2.16. The normalized spacial score (nSPS) is 10.4. The molecule has 1 N–H and O–H groups in total. The molecule has 2 aromatic rings. The Balaban J connectivity index is 2.29. The zero-order valence-corrected chi connectivity index (χ0v) is 15.3. The number of nitrogens with one attached hydrogen (secondary N) is 1. The Morgan fingerprint density at radius 3 is 2.62 bits per heavy atom. The van der Waals surface area contributed by atoms with Crippen molar-refractivity contribution in [3.8, 4) is 11.5 Å². The number of aryl methyl sites for hydroxylation is 1. The summed E-state index contributed by atoms with van der Waals surface area (Å²) in [4.78, 5) is 12.5. The number of anilines is 1. The Bertz CT molecular complexity index is 747. The third-order valence-electron chi connectivity index (χ3n) is 3.39. The monoisotopic (exact) mass is 367 g/mol. The smallest absolute Gasteiger partial charge is 0.255 e. The molecule has 0 aliphatic heterocycles. The summed E-state index contributed by atoms with van der Waals surface area (Å²) in [5, 5.41) is 3.71. The Kier molecular flexibility index (Phi) is 6.35. The van der Waals surface area contributed by atoms with Crippen LogP contribution in [0.15, 0.2) is 30.3 Å². The lowest BCUT2D eigenvalue weighted by atomic mass is 10.1. The van der Waals surface area contributed by atoms with Crippen molar-refractivity contribution >= 4 is 34.8 Å². The molecule has 0 aliphatic carbocycles. The first kappa shape index (κ1) is 18.4. The number of rotatable bonds is 6. The van der Waals surface area contributed by atoms with Crippen molar-refractivity contribution in [2.45, 2.75) is 20.3 Å². The van der Waals surface area contributed by atoms with E-state index in [2.05, 4.69) is 5.32 Å². The number of hydrogen-bond acceptors (Lipinski definition) is 3. The highest BCUT2D eigenvalue weighted by Crippen LogP contribution is 2.36. The van der Waals surface area contributed by atoms with Gasteiger partial charge in [-0.05, 0) is 43.2 Å². The van der Waals surface area contributed by atoms with Crippen molar-refractivity contribution in [3.63, 3.8) is 0 Å². The van der Waals surface area contributed by atoms with Gasteiger partial charge in [-0.15, -0.1) is 0 Å². The highest BCUT2D eigenvalue weighted by molar-refractivity contribution is 6.33. The van der Waals surface area contributed by atoms with Crippen LogP contribution in [0.4, 0.5) is 5.69 Å². The third-order valence-corrected chi connectivity index (χ3v) is 3.91. The van der Waals surface area contributed by atoms with Crippen LogP contribution in [0.1, 0.15) is 29.3 Å². The molecule has 0 aliphatic rings. The topological polar surface area (TPSA) is 47.6 Å². The van der Waals surface area contributed by atoms with Gasteiger partial charge in [0.2, 0.25) is 0 Å². The molecule has 24 heavy (non-hydrogen) atoms. The van der Waals surface area contributed by atoms with E-state index in [4.69, 9.17) is 32.7 Å². The van der Waals surface area contributed by atoms with Gasteiger partial charge in [-0.2, -0.15) is 0 Å². The Morgan fingerprint density at radius 1 is 1.21 bits per heavy atom. The second-order valence-corrected chi connectivity index (χ2v) is 6.09. The summed E-state index contributed by atoms with van der Waals surface area (Å²) in [5.41, 5.74) is 1.93. The van der Waals surface area contributed by atoms with E-state index < -0.39 is 0 Å². The van der Waals surface area contributed by atoms with Crippen LogP contribution in [0.25, 0.3) is 0 Å². The van der Waals surface area contributed by atoms with Gasteiger partial charge in [0.1, 0.15) is 0 Å². The van der Waals surface area contributed by atoms with E-state index in [1.54, 1.807) is 24.3 Å². The summed E-state index contributed by atoms with van der Waals surface area (Å²) in [7, 11) is 1.51. The van der Waals surface area contributed by atoms with Gasteiger partial charge in [-0.25, -0.2) is 0 Å². The fraction of sp³-hybridized carbons (Fsp3) is 0.278. The molecule has 0 fully saturated rings. The van der Waals surface area contributed by atoms with Crippen molar-refractivity contribution in [2.75, 3.05) is 19.0 Å². The summed E-state index contributed by atoms with van der Waals surface area (Å²) < 4.78 is 10.9. The molecule has 0 saturated heterocycles. The first-order valence-corrected chi connectivity index (χ1v) is 8.29. The van der Waals surface area contributed by atoms with E-state index >= 15 is 0 Å². The zero-order chi connectivity index (χ0) is 17.7. The molecule has 1 amide bonds. The Hall–Kier alpha value is -1.91. The first-order chi connectivity index (χ1) is 11.5. The van der Waals surface area contributed by atoms with Gasteiger partial charge in [0.05, 0.1) is 18.7 Å². The van der Waals surface area contributed by atoms with Gasteiger partial charge < -0.3 is 14.8 Å². The molecule has 0 aromatic heterocycles. The molecular formula is C18H19Cl2NO3. The van der Waals surface area contributed by atoms with E-state index in [-0.39, 0.29) is 5.91 Å². The summed E-state index contributed by atoms with van der Waals surface area (Å²) in [6, 6.07) is 8.47. The van der Waals surface area contributed by atoms with Crippen LogP contribution < -0.4 is 14.8 Å². The summed E-state index contributed by atoms with van der Waals surface area (Å²) in [6.07, 6.45) is 0.843. The van der Waals surface area contributed by atoms with Gasteiger partial charge in [-0.3, -0.25) is 4.79 Å². The lowest BCUT2D eigenvalue weighted by molar-refractivity contribution is 0.102. The number of halogens is 2. The Morgan fingerprint density at radius 2 is 1.96 bits per heavy atom. The molecule has 128 valence electrons. The van der Waals surface area contributed by atoms with E-state index in [0.717, 1.165) is 12.0 Å². The molecule has 2 rings (SSSR count). The second-order valence-electron chi connectivity index (χ2n) is 5.25. The Labute approximate surface area is 151 Å². The molecule has 0 unspecified atom stereocenters. The minimum Gasteiger partial charge on any atom is -0.493 e. The summed E-state index contributed by atoms with van der Waals surface area (Å²) >= 11 is 12.2. The van der Waals surface area contributed by atoms with Crippen molar-refractivity contribution in [2.24, 2.45) is 0 Å².